The molecule has 8 nitrogen and oxygen atoms in total. The Labute approximate surface area is 170 Å². The van der Waals surface area contributed by atoms with Crippen LogP contribution in [0, 0.1) is 6.92 Å². The third-order valence-corrected chi connectivity index (χ3v) is 5.78. The van der Waals surface area contributed by atoms with Crippen LogP contribution < -0.4 is 15.6 Å². The highest BCUT2D eigenvalue weighted by Gasteiger charge is 2.18. The molecule has 9 heteroatoms. The van der Waals surface area contributed by atoms with Crippen molar-refractivity contribution in [3.63, 3.8) is 0 Å². The molecule has 2 amide bonds. The van der Waals surface area contributed by atoms with Crippen LogP contribution in [0.4, 0.5) is 0 Å². The first kappa shape index (κ1) is 22.1. The van der Waals surface area contributed by atoms with Crippen LogP contribution in [0.25, 0.3) is 6.08 Å². The van der Waals surface area contributed by atoms with Gasteiger partial charge >= 0.3 is 0 Å². The van der Waals surface area contributed by atoms with Crippen LogP contribution >= 0.6 is 0 Å². The van der Waals surface area contributed by atoms with Gasteiger partial charge in [0.15, 0.2) is 0 Å². The number of aryl methyl sites for hydroxylation is 1. The third kappa shape index (κ3) is 5.66. The van der Waals surface area contributed by atoms with Crippen LogP contribution in [0.3, 0.4) is 0 Å². The molecule has 0 spiro atoms. The van der Waals surface area contributed by atoms with Crippen molar-refractivity contribution in [2.45, 2.75) is 11.8 Å². The van der Waals surface area contributed by atoms with Gasteiger partial charge in [-0.1, -0.05) is 17.7 Å². The molecule has 2 rings (SSSR count). The Hall–Kier alpha value is -3.17. The van der Waals surface area contributed by atoms with Crippen molar-refractivity contribution >= 4 is 27.9 Å². The second-order valence-corrected chi connectivity index (χ2v) is 8.49. The van der Waals surface area contributed by atoms with Crippen LogP contribution in [0.15, 0.2) is 53.4 Å². The average Bonchev–Trinajstić information content (AvgIpc) is 2.70. The van der Waals surface area contributed by atoms with Crippen LogP contribution in [0.1, 0.15) is 21.5 Å². The van der Waals surface area contributed by atoms with E-state index in [1.165, 1.54) is 51.5 Å². The fraction of sp³-hybridized carbons (Fsp3) is 0.200. The van der Waals surface area contributed by atoms with Crippen LogP contribution in [0.2, 0.25) is 0 Å². The first-order valence-corrected chi connectivity index (χ1v) is 10.0. The van der Waals surface area contributed by atoms with E-state index in [0.29, 0.717) is 5.75 Å². The molecule has 0 radical (unpaired) electrons. The third-order valence-electron chi connectivity index (χ3n) is 3.97. The lowest BCUT2D eigenvalue weighted by Gasteiger charge is -2.12. The monoisotopic (exact) mass is 417 g/mol. The summed E-state index contributed by atoms with van der Waals surface area (Å²) in [6.07, 6.45) is 2.82. The maximum atomic E-state index is 12.2. The predicted molar refractivity (Wildman–Crippen MR) is 110 cm³/mol. The fourth-order valence-corrected chi connectivity index (χ4v) is 3.34. The molecule has 0 atom stereocenters. The summed E-state index contributed by atoms with van der Waals surface area (Å²) in [7, 11) is 0.665. The molecule has 0 bridgehead atoms. The van der Waals surface area contributed by atoms with E-state index in [0.717, 1.165) is 15.4 Å². The number of methoxy groups -OCH3 is 1. The molecule has 2 N–H and O–H groups in total. The van der Waals surface area contributed by atoms with Crippen molar-refractivity contribution in [1.82, 2.24) is 15.2 Å². The number of amides is 2. The molecule has 0 fully saturated rings. The van der Waals surface area contributed by atoms with Gasteiger partial charge in [-0.25, -0.2) is 12.7 Å². The number of hydrogen-bond donors (Lipinski definition) is 2. The zero-order valence-corrected chi connectivity index (χ0v) is 17.4. The van der Waals surface area contributed by atoms with E-state index in [2.05, 4.69) is 10.9 Å². The number of benzene rings is 2. The smallest absolute Gasteiger partial charge is 0.269 e. The Morgan fingerprint density at radius 3 is 2.45 bits per heavy atom. The van der Waals surface area contributed by atoms with Crippen LogP contribution in [0.5, 0.6) is 5.75 Å². The highest BCUT2D eigenvalue weighted by Crippen LogP contribution is 2.20. The number of rotatable bonds is 6. The molecule has 0 aliphatic heterocycles. The van der Waals surface area contributed by atoms with Crippen molar-refractivity contribution in [2.75, 3.05) is 21.2 Å². The van der Waals surface area contributed by atoms with Crippen molar-refractivity contribution < 1.29 is 22.7 Å². The summed E-state index contributed by atoms with van der Waals surface area (Å²) in [5.41, 5.74) is 6.33. The number of nitrogens with zero attached hydrogens (tertiary/aromatic N) is 1. The minimum Gasteiger partial charge on any atom is -0.496 e. The molecule has 0 saturated carbocycles. The molecular weight excluding hydrogens is 394 g/mol. The Kier molecular flexibility index (Phi) is 7.13. The largest absolute Gasteiger partial charge is 0.496 e. The minimum absolute atomic E-state index is 0.0204. The number of hydrazine groups is 1. The summed E-state index contributed by atoms with van der Waals surface area (Å²) >= 11 is 0. The lowest BCUT2D eigenvalue weighted by Crippen LogP contribution is -2.40. The van der Waals surface area contributed by atoms with Gasteiger partial charge in [-0.05, 0) is 43.3 Å². The van der Waals surface area contributed by atoms with E-state index >= 15 is 0 Å². The average molecular weight is 417 g/mol. The standard InChI is InChI=1S/C20H23N3O5S/c1-14-8-10-18(28-4)15(12-14)9-11-19(24)21-22-20(25)16-6-5-7-17(13-16)29(26,27)23(2)3/h5-13H,1-4H3,(H,21,24)(H,22,25)/b11-9+. The van der Waals surface area contributed by atoms with E-state index in [1.54, 1.807) is 12.1 Å². The zero-order chi connectivity index (χ0) is 21.6. The molecule has 0 aliphatic carbocycles. The summed E-state index contributed by atoms with van der Waals surface area (Å²) in [4.78, 5) is 24.2. The number of sulfonamides is 1. The molecule has 0 saturated heterocycles. The maximum Gasteiger partial charge on any atom is 0.269 e. The van der Waals surface area contributed by atoms with Crippen LogP contribution in [-0.4, -0.2) is 45.7 Å². The van der Waals surface area contributed by atoms with Gasteiger partial charge < -0.3 is 4.74 Å². The Morgan fingerprint density at radius 2 is 1.79 bits per heavy atom. The Morgan fingerprint density at radius 1 is 1.07 bits per heavy atom. The number of hydrogen-bond acceptors (Lipinski definition) is 5. The van der Waals surface area contributed by atoms with Crippen molar-refractivity contribution in [3.05, 3.63) is 65.2 Å². The summed E-state index contributed by atoms with van der Waals surface area (Å²) in [6, 6.07) is 11.1. The molecule has 0 aromatic heterocycles. The summed E-state index contributed by atoms with van der Waals surface area (Å²) in [5.74, 6) is -0.586. The maximum absolute atomic E-state index is 12.2. The Balaban J connectivity index is 2.04. The quantitative estimate of drug-likeness (QED) is 0.550. The normalized spacial score (nSPS) is 11.5. The summed E-state index contributed by atoms with van der Waals surface area (Å²) < 4.78 is 30.6. The van der Waals surface area contributed by atoms with E-state index in [1.807, 2.05) is 19.1 Å². The van der Waals surface area contributed by atoms with E-state index in [4.69, 9.17) is 4.74 Å². The van der Waals surface area contributed by atoms with Gasteiger partial charge in [0.1, 0.15) is 5.75 Å². The highest BCUT2D eigenvalue weighted by atomic mass is 32.2. The van der Waals surface area contributed by atoms with Gasteiger partial charge in [-0.3, -0.25) is 20.4 Å². The van der Waals surface area contributed by atoms with E-state index < -0.39 is 21.8 Å². The predicted octanol–water partition coefficient (Wildman–Crippen LogP) is 1.73. The van der Waals surface area contributed by atoms with Gasteiger partial charge in [0.25, 0.3) is 11.8 Å². The van der Waals surface area contributed by atoms with Gasteiger partial charge in [0.05, 0.1) is 12.0 Å². The van der Waals surface area contributed by atoms with Crippen molar-refractivity contribution in [3.8, 4) is 5.75 Å². The first-order valence-electron chi connectivity index (χ1n) is 8.61. The molecule has 2 aromatic carbocycles. The van der Waals surface area contributed by atoms with Gasteiger partial charge in [-0.2, -0.15) is 0 Å². The van der Waals surface area contributed by atoms with E-state index in [-0.39, 0.29) is 10.5 Å². The molecule has 0 aliphatic rings. The summed E-state index contributed by atoms with van der Waals surface area (Å²) in [5, 5.41) is 0. The van der Waals surface area contributed by atoms with Crippen molar-refractivity contribution in [1.29, 1.82) is 0 Å². The molecule has 154 valence electrons. The molecule has 0 unspecified atom stereocenters. The lowest BCUT2D eigenvalue weighted by atomic mass is 10.1. The summed E-state index contributed by atoms with van der Waals surface area (Å²) in [6.45, 7) is 1.92. The van der Waals surface area contributed by atoms with Crippen LogP contribution in [-0.2, 0) is 14.8 Å². The lowest BCUT2D eigenvalue weighted by molar-refractivity contribution is -0.117. The zero-order valence-electron chi connectivity index (χ0n) is 16.6. The highest BCUT2D eigenvalue weighted by molar-refractivity contribution is 7.89. The van der Waals surface area contributed by atoms with Gasteiger partial charge in [-0.15, -0.1) is 0 Å². The molecule has 0 heterocycles. The minimum atomic E-state index is -3.67. The fourth-order valence-electron chi connectivity index (χ4n) is 2.39. The van der Waals surface area contributed by atoms with Gasteiger partial charge in [0.2, 0.25) is 10.0 Å². The first-order chi connectivity index (χ1) is 13.6. The topological polar surface area (TPSA) is 105 Å². The second-order valence-electron chi connectivity index (χ2n) is 6.34. The number of ether oxygens (including phenoxy) is 1. The molecule has 29 heavy (non-hydrogen) atoms. The number of nitrogens with one attached hydrogen (secondary N) is 2. The van der Waals surface area contributed by atoms with E-state index in [9.17, 15) is 18.0 Å². The molecule has 2 aromatic rings. The van der Waals surface area contributed by atoms with Crippen molar-refractivity contribution in [2.24, 2.45) is 0 Å². The number of carbonyl (C=O) groups is 2. The Bertz CT molecular complexity index is 1050. The number of carbonyl (C=O) groups excluding carboxylic acids is 2. The molecular formula is C20H23N3O5S. The van der Waals surface area contributed by atoms with Gasteiger partial charge in [0, 0.05) is 31.3 Å². The SMILES string of the molecule is COc1ccc(C)cc1/C=C/C(=O)NNC(=O)c1cccc(S(=O)(=O)N(C)C)c1. The second kappa shape index (κ2) is 9.35.